The Morgan fingerprint density at radius 1 is 0.750 bits per heavy atom. The summed E-state index contributed by atoms with van der Waals surface area (Å²) in [4.78, 5) is 0. The van der Waals surface area contributed by atoms with E-state index < -0.39 is 0 Å². The lowest BCUT2D eigenvalue weighted by Gasteiger charge is -2.42. The fraction of sp³-hybridized carbons (Fsp3) is 0.800. The van der Waals surface area contributed by atoms with Gasteiger partial charge in [-0.1, -0.05) is 0 Å². The van der Waals surface area contributed by atoms with E-state index in [1.807, 2.05) is 0 Å². The van der Waals surface area contributed by atoms with Crippen LogP contribution in [0, 0.1) is 46.3 Å². The van der Waals surface area contributed by atoms with Gasteiger partial charge in [-0.2, -0.15) is 10.5 Å². The molecule has 0 N–H and O–H groups in total. The largest absolute Gasteiger partial charge is 0.198 e. The van der Waals surface area contributed by atoms with Crippen molar-refractivity contribution < 1.29 is 0 Å². The van der Waals surface area contributed by atoms with Crippen LogP contribution >= 0.6 is 0 Å². The summed E-state index contributed by atoms with van der Waals surface area (Å²) >= 11 is 0. The SMILES string of the molecule is N#C[C@@H]1C2CCC(CC2)[C@H]1C#N. The van der Waals surface area contributed by atoms with E-state index in [1.54, 1.807) is 0 Å². The number of rotatable bonds is 0. The summed E-state index contributed by atoms with van der Waals surface area (Å²) in [7, 11) is 0. The third kappa shape index (κ3) is 0.916. The fourth-order valence-corrected chi connectivity index (χ4v) is 2.82. The van der Waals surface area contributed by atoms with Crippen molar-refractivity contribution in [2.45, 2.75) is 25.7 Å². The Balaban J connectivity index is 2.23. The van der Waals surface area contributed by atoms with Crippen LogP contribution in [0.4, 0.5) is 0 Å². The van der Waals surface area contributed by atoms with Crippen LogP contribution in [0.1, 0.15) is 25.7 Å². The van der Waals surface area contributed by atoms with Gasteiger partial charge in [0.1, 0.15) is 0 Å². The molecule has 3 rings (SSSR count). The van der Waals surface area contributed by atoms with Crippen molar-refractivity contribution in [3.05, 3.63) is 0 Å². The van der Waals surface area contributed by atoms with E-state index in [0.29, 0.717) is 11.8 Å². The summed E-state index contributed by atoms with van der Waals surface area (Å²) in [5, 5.41) is 17.8. The topological polar surface area (TPSA) is 47.6 Å². The Bertz CT molecular complexity index is 222. The summed E-state index contributed by atoms with van der Waals surface area (Å²) in [6.45, 7) is 0. The molecule has 12 heavy (non-hydrogen) atoms. The van der Waals surface area contributed by atoms with Crippen molar-refractivity contribution >= 4 is 0 Å². The van der Waals surface area contributed by atoms with E-state index >= 15 is 0 Å². The highest BCUT2D eigenvalue weighted by Crippen LogP contribution is 2.48. The van der Waals surface area contributed by atoms with Gasteiger partial charge in [-0.05, 0) is 37.5 Å². The fourth-order valence-electron chi connectivity index (χ4n) is 2.82. The van der Waals surface area contributed by atoms with Crippen LogP contribution in [0.5, 0.6) is 0 Å². The van der Waals surface area contributed by atoms with Gasteiger partial charge in [0, 0.05) is 0 Å². The second kappa shape index (κ2) is 2.79. The van der Waals surface area contributed by atoms with Gasteiger partial charge in [0.2, 0.25) is 0 Å². The number of hydrogen-bond acceptors (Lipinski definition) is 2. The molecule has 0 heterocycles. The highest BCUT2D eigenvalue weighted by molar-refractivity contribution is 5.08. The molecule has 62 valence electrons. The van der Waals surface area contributed by atoms with Crippen LogP contribution in [0.2, 0.25) is 0 Å². The molecule has 0 amide bonds. The molecule has 3 fully saturated rings. The van der Waals surface area contributed by atoms with Crippen molar-refractivity contribution in [2.75, 3.05) is 0 Å². The molecule has 3 saturated carbocycles. The van der Waals surface area contributed by atoms with Crippen LogP contribution in [0.15, 0.2) is 0 Å². The third-order valence-electron chi connectivity index (χ3n) is 3.52. The number of fused-ring (bicyclic) bond motifs is 3. The second-order valence-electron chi connectivity index (χ2n) is 3.98. The lowest BCUT2D eigenvalue weighted by Crippen LogP contribution is -2.38. The maximum absolute atomic E-state index is 8.91. The Morgan fingerprint density at radius 2 is 1.08 bits per heavy atom. The van der Waals surface area contributed by atoms with E-state index in [9.17, 15) is 0 Å². The van der Waals surface area contributed by atoms with Gasteiger partial charge < -0.3 is 0 Å². The molecule has 2 bridgehead atoms. The van der Waals surface area contributed by atoms with Crippen LogP contribution in [0.3, 0.4) is 0 Å². The quantitative estimate of drug-likeness (QED) is 0.544. The first kappa shape index (κ1) is 7.62. The highest BCUT2D eigenvalue weighted by Gasteiger charge is 2.43. The van der Waals surface area contributed by atoms with E-state index in [2.05, 4.69) is 12.1 Å². The molecule has 3 aliphatic carbocycles. The van der Waals surface area contributed by atoms with Crippen LogP contribution in [0.25, 0.3) is 0 Å². The van der Waals surface area contributed by atoms with Gasteiger partial charge in [-0.25, -0.2) is 0 Å². The average molecular weight is 160 g/mol. The normalized spacial score (nSPS) is 44.8. The molecule has 2 nitrogen and oxygen atoms in total. The number of nitriles is 2. The van der Waals surface area contributed by atoms with Crippen LogP contribution in [-0.4, -0.2) is 0 Å². The molecule has 0 aromatic carbocycles. The van der Waals surface area contributed by atoms with Crippen molar-refractivity contribution in [1.29, 1.82) is 10.5 Å². The minimum Gasteiger partial charge on any atom is -0.198 e. The van der Waals surface area contributed by atoms with E-state index in [0.717, 1.165) is 0 Å². The summed E-state index contributed by atoms with van der Waals surface area (Å²) in [6.07, 6.45) is 4.73. The smallest absolute Gasteiger partial charge is 0.0672 e. The zero-order valence-electron chi connectivity index (χ0n) is 7.03. The van der Waals surface area contributed by atoms with E-state index in [4.69, 9.17) is 10.5 Å². The van der Waals surface area contributed by atoms with Crippen molar-refractivity contribution in [3.63, 3.8) is 0 Å². The van der Waals surface area contributed by atoms with Gasteiger partial charge in [-0.3, -0.25) is 0 Å². The molecular weight excluding hydrogens is 148 g/mol. The van der Waals surface area contributed by atoms with Crippen LogP contribution < -0.4 is 0 Å². The molecule has 0 unspecified atom stereocenters. The first-order valence-corrected chi connectivity index (χ1v) is 4.66. The Hall–Kier alpha value is -1.02. The molecule has 3 aliphatic rings. The van der Waals surface area contributed by atoms with Crippen molar-refractivity contribution in [3.8, 4) is 12.1 Å². The second-order valence-corrected chi connectivity index (χ2v) is 3.98. The standard InChI is InChI=1S/C10H12N2/c11-5-9-7-1-2-8(4-3-7)10(9)6-12/h7-10H,1-4H2/t7?,8?,9-,10-/m1/s1. The molecule has 2 heteroatoms. The average Bonchev–Trinajstić information content (AvgIpc) is 2.18. The maximum atomic E-state index is 8.91. The lowest BCUT2D eigenvalue weighted by molar-refractivity contribution is 0.0875. The first-order valence-electron chi connectivity index (χ1n) is 4.66. The lowest BCUT2D eigenvalue weighted by atomic mass is 9.59. The molecule has 0 radical (unpaired) electrons. The number of nitrogens with zero attached hydrogens (tertiary/aromatic N) is 2. The van der Waals surface area contributed by atoms with E-state index in [-0.39, 0.29) is 11.8 Å². The van der Waals surface area contributed by atoms with Gasteiger partial charge in [-0.15, -0.1) is 0 Å². The van der Waals surface area contributed by atoms with Gasteiger partial charge in [0.25, 0.3) is 0 Å². The third-order valence-corrected chi connectivity index (χ3v) is 3.52. The predicted molar refractivity (Wildman–Crippen MR) is 43.7 cm³/mol. The minimum absolute atomic E-state index is 0.0440. The molecule has 0 aliphatic heterocycles. The van der Waals surface area contributed by atoms with Gasteiger partial charge in [0.05, 0.1) is 24.0 Å². The zero-order valence-corrected chi connectivity index (χ0v) is 7.03. The monoisotopic (exact) mass is 160 g/mol. The number of hydrogen-bond donors (Lipinski definition) is 0. The molecule has 0 aromatic heterocycles. The van der Waals surface area contributed by atoms with Crippen molar-refractivity contribution in [2.24, 2.45) is 23.7 Å². The summed E-state index contributed by atoms with van der Waals surface area (Å²) in [5.41, 5.74) is 0. The Labute approximate surface area is 72.8 Å². The molecule has 0 spiro atoms. The van der Waals surface area contributed by atoms with Gasteiger partial charge in [0.15, 0.2) is 0 Å². The highest BCUT2D eigenvalue weighted by atomic mass is 14.5. The summed E-state index contributed by atoms with van der Waals surface area (Å²) in [5.74, 6) is 1.15. The van der Waals surface area contributed by atoms with Crippen molar-refractivity contribution in [1.82, 2.24) is 0 Å². The predicted octanol–water partition coefficient (Wildman–Crippen LogP) is 2.09. The minimum atomic E-state index is 0.0440. The summed E-state index contributed by atoms with van der Waals surface area (Å²) < 4.78 is 0. The zero-order chi connectivity index (χ0) is 8.55. The summed E-state index contributed by atoms with van der Waals surface area (Å²) in [6, 6.07) is 4.63. The molecule has 0 aromatic rings. The van der Waals surface area contributed by atoms with Gasteiger partial charge >= 0.3 is 0 Å². The molecule has 2 atom stereocenters. The van der Waals surface area contributed by atoms with Crippen LogP contribution in [-0.2, 0) is 0 Å². The Morgan fingerprint density at radius 3 is 1.33 bits per heavy atom. The molecular formula is C10H12N2. The van der Waals surface area contributed by atoms with E-state index in [1.165, 1.54) is 25.7 Å². The molecule has 0 saturated heterocycles. The Kier molecular flexibility index (Phi) is 1.77. The maximum Gasteiger partial charge on any atom is 0.0672 e. The first-order chi connectivity index (χ1) is 5.86.